The van der Waals surface area contributed by atoms with Crippen molar-refractivity contribution in [1.82, 2.24) is 20.5 Å². The van der Waals surface area contributed by atoms with Crippen molar-refractivity contribution in [2.45, 2.75) is 37.6 Å². The number of carbonyl (C=O) groups excluding carboxylic acids is 3. The molecule has 3 amide bonds. The van der Waals surface area contributed by atoms with Gasteiger partial charge >= 0.3 is 0 Å². The second kappa shape index (κ2) is 6.58. The number of hydrogen-bond donors (Lipinski definition) is 4. The largest absolute Gasteiger partial charge is 0.340 e. The molecule has 1 atom stereocenters. The van der Waals surface area contributed by atoms with Crippen LogP contribution in [0.1, 0.15) is 47.8 Å². The van der Waals surface area contributed by atoms with Gasteiger partial charge in [-0.2, -0.15) is 4.98 Å². The van der Waals surface area contributed by atoms with E-state index in [2.05, 4.69) is 31.1 Å². The summed E-state index contributed by atoms with van der Waals surface area (Å²) >= 11 is 0. The predicted molar refractivity (Wildman–Crippen MR) is 92.5 cm³/mol. The topological polar surface area (TPSA) is 129 Å². The molecule has 26 heavy (non-hydrogen) atoms. The average Bonchev–Trinajstić information content (AvgIpc) is 2.95. The van der Waals surface area contributed by atoms with Gasteiger partial charge in [-0.15, -0.1) is 5.10 Å². The third-order valence-corrected chi connectivity index (χ3v) is 4.69. The summed E-state index contributed by atoms with van der Waals surface area (Å²) in [5.41, 5.74) is 0.792. The van der Waals surface area contributed by atoms with Gasteiger partial charge in [0.2, 0.25) is 17.8 Å². The van der Waals surface area contributed by atoms with Crippen LogP contribution in [0.3, 0.4) is 0 Å². The molecule has 1 aromatic heterocycles. The molecule has 0 saturated heterocycles. The molecule has 0 radical (unpaired) electrons. The van der Waals surface area contributed by atoms with Crippen LogP contribution >= 0.6 is 0 Å². The number of amides is 3. The molecule has 2 aromatic rings. The van der Waals surface area contributed by atoms with Gasteiger partial charge < -0.3 is 10.6 Å². The van der Waals surface area contributed by atoms with E-state index in [9.17, 15) is 14.4 Å². The fraction of sp³-hybridized carbons (Fsp3) is 0.353. The van der Waals surface area contributed by atoms with Gasteiger partial charge in [0.1, 0.15) is 11.9 Å². The van der Waals surface area contributed by atoms with E-state index in [1.165, 1.54) is 6.42 Å². The van der Waals surface area contributed by atoms with Crippen molar-refractivity contribution in [3.8, 4) is 0 Å². The van der Waals surface area contributed by atoms with E-state index < -0.39 is 23.8 Å². The van der Waals surface area contributed by atoms with Crippen LogP contribution in [-0.4, -0.2) is 38.9 Å². The highest BCUT2D eigenvalue weighted by molar-refractivity contribution is 6.11. The monoisotopic (exact) mass is 354 g/mol. The van der Waals surface area contributed by atoms with Crippen LogP contribution in [0.4, 0.5) is 11.6 Å². The highest BCUT2D eigenvalue weighted by atomic mass is 16.2. The normalized spacial score (nSPS) is 19.6. The number of hydrogen-bond acceptors (Lipinski definition) is 5. The predicted octanol–water partition coefficient (Wildman–Crippen LogP) is 1.15. The summed E-state index contributed by atoms with van der Waals surface area (Å²) in [5.74, 6) is 0.0303. The molecule has 4 rings (SSSR count). The number of aromatic nitrogens is 3. The molecule has 9 heteroatoms. The van der Waals surface area contributed by atoms with Crippen molar-refractivity contribution in [3.05, 3.63) is 35.7 Å². The Morgan fingerprint density at radius 2 is 2.04 bits per heavy atom. The number of fused-ring (bicyclic) bond motifs is 1. The van der Waals surface area contributed by atoms with Crippen molar-refractivity contribution in [2.24, 2.45) is 0 Å². The van der Waals surface area contributed by atoms with E-state index in [1.807, 2.05) is 0 Å². The lowest BCUT2D eigenvalue weighted by molar-refractivity contribution is -0.122. The minimum absolute atomic E-state index is 0.181. The van der Waals surface area contributed by atoms with E-state index in [-0.39, 0.29) is 12.4 Å². The molecule has 2 heterocycles. The minimum atomic E-state index is -0.972. The number of benzene rings is 1. The summed E-state index contributed by atoms with van der Waals surface area (Å²) in [6, 6.07) is 5.72. The Morgan fingerprint density at radius 1 is 1.23 bits per heavy atom. The third-order valence-electron chi connectivity index (χ3n) is 4.69. The molecular formula is C17H18N6O3. The Kier molecular flexibility index (Phi) is 4.11. The zero-order valence-corrected chi connectivity index (χ0v) is 13.9. The standard InChI is InChI=1S/C17H18N6O3/c24-13(20-17-21-14(22-23-17)9-4-3-5-9)8-12-16(26)18-11-7-2-1-6-10(11)15(25)19-12/h1-2,6-7,9,12H,3-5,8H2,(H,18,26)(H,19,25)(H2,20,21,22,23,24)/t12-/m1/s1. The molecule has 1 saturated carbocycles. The Hall–Kier alpha value is -3.23. The lowest BCUT2D eigenvalue weighted by atomic mass is 9.85. The fourth-order valence-corrected chi connectivity index (χ4v) is 3.01. The zero-order valence-electron chi connectivity index (χ0n) is 13.9. The van der Waals surface area contributed by atoms with Crippen LogP contribution in [0.25, 0.3) is 0 Å². The molecule has 1 aromatic carbocycles. The van der Waals surface area contributed by atoms with Crippen LogP contribution in [0, 0.1) is 0 Å². The summed E-state index contributed by atoms with van der Waals surface area (Å²) in [4.78, 5) is 41.1. The number of para-hydroxylation sites is 1. The van der Waals surface area contributed by atoms with Crippen LogP contribution in [0.15, 0.2) is 24.3 Å². The van der Waals surface area contributed by atoms with Crippen molar-refractivity contribution in [3.63, 3.8) is 0 Å². The number of rotatable bonds is 4. The number of anilines is 2. The van der Waals surface area contributed by atoms with Gasteiger partial charge in [-0.1, -0.05) is 18.6 Å². The van der Waals surface area contributed by atoms with E-state index in [1.54, 1.807) is 24.3 Å². The SMILES string of the molecule is O=C(C[C@H]1NC(=O)c2ccccc2NC1=O)Nc1n[nH]c(C2CCC2)n1. The quantitative estimate of drug-likeness (QED) is 0.655. The van der Waals surface area contributed by atoms with Crippen molar-refractivity contribution >= 4 is 29.4 Å². The Bertz CT molecular complexity index is 873. The zero-order chi connectivity index (χ0) is 18.1. The van der Waals surface area contributed by atoms with Crippen LogP contribution < -0.4 is 16.0 Å². The first-order valence-electron chi connectivity index (χ1n) is 8.53. The maximum atomic E-state index is 12.3. The summed E-state index contributed by atoms with van der Waals surface area (Å²) in [5, 5.41) is 14.6. The maximum absolute atomic E-state index is 12.3. The van der Waals surface area contributed by atoms with E-state index in [0.717, 1.165) is 18.7 Å². The molecule has 0 spiro atoms. The second-order valence-corrected chi connectivity index (χ2v) is 6.49. The van der Waals surface area contributed by atoms with E-state index in [4.69, 9.17) is 0 Å². The van der Waals surface area contributed by atoms with Gasteiger partial charge in [-0.05, 0) is 25.0 Å². The number of aromatic amines is 1. The van der Waals surface area contributed by atoms with Gasteiger partial charge in [-0.25, -0.2) is 0 Å². The molecule has 9 nitrogen and oxygen atoms in total. The van der Waals surface area contributed by atoms with Crippen LogP contribution in [-0.2, 0) is 9.59 Å². The van der Waals surface area contributed by atoms with Crippen LogP contribution in [0.5, 0.6) is 0 Å². The number of nitrogens with one attached hydrogen (secondary N) is 4. The van der Waals surface area contributed by atoms with Gasteiger partial charge in [-0.3, -0.25) is 24.8 Å². The first-order valence-corrected chi connectivity index (χ1v) is 8.53. The van der Waals surface area contributed by atoms with Gasteiger partial charge in [0.25, 0.3) is 5.91 Å². The molecule has 0 bridgehead atoms. The summed E-state index contributed by atoms with van der Waals surface area (Å²) in [6.45, 7) is 0. The molecule has 1 aliphatic heterocycles. The van der Waals surface area contributed by atoms with Gasteiger partial charge in [0.15, 0.2) is 0 Å². The Morgan fingerprint density at radius 3 is 2.81 bits per heavy atom. The fourth-order valence-electron chi connectivity index (χ4n) is 3.01. The average molecular weight is 354 g/mol. The molecule has 1 aliphatic carbocycles. The maximum Gasteiger partial charge on any atom is 0.254 e. The van der Waals surface area contributed by atoms with E-state index >= 15 is 0 Å². The Labute approximate surface area is 149 Å². The van der Waals surface area contributed by atoms with Gasteiger partial charge in [0.05, 0.1) is 17.7 Å². The van der Waals surface area contributed by atoms with Crippen molar-refractivity contribution < 1.29 is 14.4 Å². The second-order valence-electron chi connectivity index (χ2n) is 6.49. The number of nitrogens with zero attached hydrogens (tertiary/aromatic N) is 2. The number of H-pyrrole nitrogens is 1. The Balaban J connectivity index is 1.40. The molecule has 4 N–H and O–H groups in total. The van der Waals surface area contributed by atoms with Crippen molar-refractivity contribution in [2.75, 3.05) is 10.6 Å². The summed E-state index contributed by atoms with van der Waals surface area (Å²) in [6.07, 6.45) is 3.10. The molecular weight excluding hydrogens is 336 g/mol. The highest BCUT2D eigenvalue weighted by Gasteiger charge is 2.30. The highest BCUT2D eigenvalue weighted by Crippen LogP contribution is 2.34. The third kappa shape index (κ3) is 3.15. The van der Waals surface area contributed by atoms with E-state index in [0.29, 0.717) is 17.2 Å². The van der Waals surface area contributed by atoms with Crippen molar-refractivity contribution in [1.29, 1.82) is 0 Å². The minimum Gasteiger partial charge on any atom is -0.340 e. The summed E-state index contributed by atoms with van der Waals surface area (Å²) < 4.78 is 0. The van der Waals surface area contributed by atoms with Gasteiger partial charge in [0, 0.05) is 5.92 Å². The smallest absolute Gasteiger partial charge is 0.254 e. The molecule has 1 fully saturated rings. The lowest BCUT2D eigenvalue weighted by Crippen LogP contribution is -2.43. The first kappa shape index (κ1) is 16.2. The summed E-state index contributed by atoms with van der Waals surface area (Å²) in [7, 11) is 0. The van der Waals surface area contributed by atoms with Crippen LogP contribution in [0.2, 0.25) is 0 Å². The first-order chi connectivity index (χ1) is 12.6. The lowest BCUT2D eigenvalue weighted by Gasteiger charge is -2.22. The number of carbonyl (C=O) groups is 3. The molecule has 2 aliphatic rings. The molecule has 134 valence electrons. The molecule has 0 unspecified atom stereocenters.